The molecule has 8 aromatic rings. The van der Waals surface area contributed by atoms with Gasteiger partial charge in [-0.25, -0.2) is 0 Å². The highest BCUT2D eigenvalue weighted by molar-refractivity contribution is 5.90. The molecule has 8 aromatic carbocycles. The van der Waals surface area contributed by atoms with Crippen LogP contribution in [0.1, 0.15) is 116 Å². The summed E-state index contributed by atoms with van der Waals surface area (Å²) in [5.74, 6) is 0.453. The second-order valence-corrected chi connectivity index (χ2v) is 19.9. The quantitative estimate of drug-likeness (QED) is 0.151. The van der Waals surface area contributed by atoms with Gasteiger partial charge in [-0.05, 0) is 145 Å². The summed E-state index contributed by atoms with van der Waals surface area (Å²) in [7, 11) is 0. The van der Waals surface area contributed by atoms with E-state index in [2.05, 4.69) is 260 Å². The van der Waals surface area contributed by atoms with E-state index in [-0.39, 0.29) is 10.8 Å². The Balaban J connectivity index is 0.000000172. The molecule has 0 saturated heterocycles. The number of aryl methyl sites for hydroxylation is 1. The third kappa shape index (κ3) is 9.31. The summed E-state index contributed by atoms with van der Waals surface area (Å²) in [6, 6.07) is 74.8. The minimum absolute atomic E-state index is 0.375. The Kier molecular flexibility index (Phi) is 15.4. The van der Waals surface area contributed by atoms with Crippen molar-refractivity contribution < 1.29 is 0 Å². The molecule has 74 heavy (non-hydrogen) atoms. The monoisotopic (exact) mass is 959 g/mol. The molecule has 0 bridgehead atoms. The molecule has 0 aromatic heterocycles. The molecular formula is C74H70. The molecule has 0 heteroatoms. The first kappa shape index (κ1) is 50.9. The molecule has 0 radical (unpaired) electrons. The second kappa shape index (κ2) is 22.4. The highest BCUT2D eigenvalue weighted by Crippen LogP contribution is 2.64. The standard InChI is InChI=1S/C41H34.C24H22.C7H8.C2H6/c1-27(2)29-23-24-32-31-16-5-7-18-34(31)41(39(32)26-29)37-21-10-8-19-35(37)40(36-20-9-11-22-38(36)41)25-13-12-14-28(3)30-15-4-6-17-33(30)40;1-18(19(2)21-10-6-4-7-11-21)20(3)22-14-16-24(17-15-22)23-12-8-5-9-13-23;1-7-5-3-2-4-6-7;1-2/h4-5,7-16,18-27H,3,6,17H2,1-2H3;4-17H,3H2,1-2H3;2-6H,1H3;1-2H3/b14-12-,25-13?;19-18+;;. The van der Waals surface area contributed by atoms with Gasteiger partial charge in [0.05, 0.1) is 10.8 Å². The third-order valence-corrected chi connectivity index (χ3v) is 15.5. The number of hydrogen-bond donors (Lipinski definition) is 0. The lowest BCUT2D eigenvalue weighted by Gasteiger charge is -2.50. The maximum Gasteiger partial charge on any atom is 0.0720 e. The molecule has 4 aliphatic rings. The molecule has 0 nitrogen and oxygen atoms in total. The zero-order chi connectivity index (χ0) is 51.8. The lowest BCUT2D eigenvalue weighted by atomic mass is 9.51. The summed E-state index contributed by atoms with van der Waals surface area (Å²) >= 11 is 0. The van der Waals surface area contributed by atoms with Crippen molar-refractivity contribution in [1.82, 2.24) is 0 Å². The minimum Gasteiger partial charge on any atom is -0.0912 e. The fourth-order valence-corrected chi connectivity index (χ4v) is 11.7. The molecule has 0 unspecified atom stereocenters. The molecular weight excluding hydrogens is 889 g/mol. The van der Waals surface area contributed by atoms with E-state index in [0.717, 1.165) is 24.0 Å². The van der Waals surface area contributed by atoms with Crippen molar-refractivity contribution in [3.05, 3.63) is 334 Å². The van der Waals surface area contributed by atoms with Crippen LogP contribution in [0.5, 0.6) is 0 Å². The smallest absolute Gasteiger partial charge is 0.0720 e. The van der Waals surface area contributed by atoms with E-state index in [1.807, 2.05) is 44.2 Å². The minimum atomic E-state index is -0.385. The van der Waals surface area contributed by atoms with Crippen LogP contribution in [-0.2, 0) is 10.8 Å². The Hall–Kier alpha value is -8.06. The molecule has 0 N–H and O–H groups in total. The predicted octanol–water partition coefficient (Wildman–Crippen LogP) is 20.0. The van der Waals surface area contributed by atoms with Crippen molar-refractivity contribution in [3.63, 3.8) is 0 Å². The largest absolute Gasteiger partial charge is 0.0912 e. The van der Waals surface area contributed by atoms with Crippen LogP contribution < -0.4 is 0 Å². The summed E-state index contributed by atoms with van der Waals surface area (Å²) in [5.41, 5.74) is 25.3. The van der Waals surface area contributed by atoms with Gasteiger partial charge in [0.2, 0.25) is 0 Å². The molecule has 0 heterocycles. The Morgan fingerprint density at radius 2 is 1.04 bits per heavy atom. The molecule has 2 spiro atoms. The SMILES string of the molecule is C=C(/C(C)=C(\C)c1ccccc1)c1ccc(-c2ccccc2)cc1.C=C1/C=C\C=CC2(C3=C1C=CCC3)c1ccccc1C1(c3ccccc3-c3ccc(C(C)C)cc31)c1ccccc12.CC.Cc1ccccc1. The van der Waals surface area contributed by atoms with Gasteiger partial charge in [0.15, 0.2) is 0 Å². The summed E-state index contributed by atoms with van der Waals surface area (Å²) < 4.78 is 0. The van der Waals surface area contributed by atoms with Gasteiger partial charge in [-0.3, -0.25) is 0 Å². The van der Waals surface area contributed by atoms with Gasteiger partial charge in [0.25, 0.3) is 0 Å². The van der Waals surface area contributed by atoms with Gasteiger partial charge in [0.1, 0.15) is 0 Å². The van der Waals surface area contributed by atoms with E-state index in [4.69, 9.17) is 0 Å². The number of benzene rings is 8. The molecule has 0 fully saturated rings. The zero-order valence-electron chi connectivity index (χ0n) is 44.5. The first-order valence-corrected chi connectivity index (χ1v) is 26.6. The lowest BCUT2D eigenvalue weighted by molar-refractivity contribution is 0.605. The Morgan fingerprint density at radius 1 is 0.514 bits per heavy atom. The topological polar surface area (TPSA) is 0 Å². The summed E-state index contributed by atoms with van der Waals surface area (Å²) in [5, 5.41) is 0. The maximum atomic E-state index is 4.52. The van der Waals surface area contributed by atoms with Crippen LogP contribution in [0.15, 0.2) is 278 Å². The predicted molar refractivity (Wildman–Crippen MR) is 320 cm³/mol. The van der Waals surface area contributed by atoms with E-state index < -0.39 is 0 Å². The van der Waals surface area contributed by atoms with Crippen LogP contribution in [0.4, 0.5) is 0 Å². The van der Waals surface area contributed by atoms with Gasteiger partial charge in [-0.2, -0.15) is 0 Å². The molecule has 4 aliphatic carbocycles. The molecule has 0 amide bonds. The Labute approximate surface area is 442 Å². The van der Waals surface area contributed by atoms with Gasteiger partial charge in [0, 0.05) is 0 Å². The average molecular weight is 959 g/mol. The number of fused-ring (bicyclic) bond motifs is 12. The van der Waals surface area contributed by atoms with Crippen LogP contribution in [0.25, 0.3) is 33.4 Å². The van der Waals surface area contributed by atoms with Crippen molar-refractivity contribution in [1.29, 1.82) is 0 Å². The fraction of sp³-hybridized carbons (Fsp3) is 0.162. The van der Waals surface area contributed by atoms with E-state index in [0.29, 0.717) is 5.92 Å². The molecule has 0 atom stereocenters. The highest BCUT2D eigenvalue weighted by atomic mass is 14.6. The van der Waals surface area contributed by atoms with E-state index in [1.165, 1.54) is 100 Å². The van der Waals surface area contributed by atoms with Gasteiger partial charge in [-0.1, -0.05) is 289 Å². The summed E-state index contributed by atoms with van der Waals surface area (Å²) in [6.45, 7) is 23.8. The van der Waals surface area contributed by atoms with Crippen LogP contribution in [-0.4, -0.2) is 0 Å². The molecule has 0 saturated carbocycles. The first-order chi connectivity index (χ1) is 36.1. The number of hydrogen-bond acceptors (Lipinski definition) is 0. The number of allylic oxidation sites excluding steroid dienone is 12. The van der Waals surface area contributed by atoms with Gasteiger partial charge < -0.3 is 0 Å². The fourth-order valence-electron chi connectivity index (χ4n) is 11.7. The first-order valence-electron chi connectivity index (χ1n) is 26.6. The summed E-state index contributed by atoms with van der Waals surface area (Å²) in [4.78, 5) is 0. The van der Waals surface area contributed by atoms with E-state index in [9.17, 15) is 0 Å². The van der Waals surface area contributed by atoms with Gasteiger partial charge >= 0.3 is 0 Å². The van der Waals surface area contributed by atoms with Crippen molar-refractivity contribution in [2.24, 2.45) is 0 Å². The van der Waals surface area contributed by atoms with Crippen molar-refractivity contribution in [3.8, 4) is 22.3 Å². The average Bonchev–Trinajstić information content (AvgIpc) is 3.82. The number of rotatable bonds is 5. The van der Waals surface area contributed by atoms with Crippen molar-refractivity contribution in [2.45, 2.75) is 78.1 Å². The van der Waals surface area contributed by atoms with E-state index >= 15 is 0 Å². The highest BCUT2D eigenvalue weighted by Gasteiger charge is 2.56. The summed E-state index contributed by atoms with van der Waals surface area (Å²) in [6.07, 6.45) is 15.8. The van der Waals surface area contributed by atoms with Gasteiger partial charge in [-0.15, -0.1) is 0 Å². The van der Waals surface area contributed by atoms with E-state index in [1.54, 1.807) is 0 Å². The molecule has 366 valence electrons. The zero-order valence-corrected chi connectivity index (χ0v) is 44.5. The van der Waals surface area contributed by atoms with Crippen molar-refractivity contribution in [2.75, 3.05) is 0 Å². The third-order valence-electron chi connectivity index (χ3n) is 15.5. The molecule has 0 aliphatic heterocycles. The second-order valence-electron chi connectivity index (χ2n) is 19.9. The van der Waals surface area contributed by atoms with Crippen LogP contribution >= 0.6 is 0 Å². The molecule has 12 rings (SSSR count). The lowest BCUT2D eigenvalue weighted by Crippen LogP contribution is -2.44. The Morgan fingerprint density at radius 3 is 1.64 bits per heavy atom. The van der Waals surface area contributed by atoms with Crippen LogP contribution in [0.3, 0.4) is 0 Å². The maximum absolute atomic E-state index is 4.52. The van der Waals surface area contributed by atoms with Crippen LogP contribution in [0.2, 0.25) is 0 Å². The Bertz CT molecular complexity index is 3410. The normalized spacial score (nSPS) is 18.0. The van der Waals surface area contributed by atoms with Crippen LogP contribution in [0, 0.1) is 6.92 Å². The van der Waals surface area contributed by atoms with Crippen molar-refractivity contribution >= 4 is 11.1 Å².